The van der Waals surface area contributed by atoms with E-state index in [2.05, 4.69) is 64.9 Å². The minimum absolute atomic E-state index is 0.246. The van der Waals surface area contributed by atoms with Crippen LogP contribution in [0.5, 0.6) is 0 Å². The second-order valence-corrected chi connectivity index (χ2v) is 5.27. The van der Waals surface area contributed by atoms with Gasteiger partial charge in [-0.25, -0.2) is 0 Å². The molecule has 0 amide bonds. The molecule has 1 heterocycles. The van der Waals surface area contributed by atoms with Crippen LogP contribution in [0.15, 0.2) is 67.0 Å². The largest absolute Gasteiger partial charge is 0.303 e. The van der Waals surface area contributed by atoms with Crippen molar-refractivity contribution in [3.63, 3.8) is 0 Å². The van der Waals surface area contributed by atoms with Crippen LogP contribution in [0.3, 0.4) is 0 Å². The number of pyridine rings is 1. The van der Waals surface area contributed by atoms with Crippen molar-refractivity contribution in [1.29, 1.82) is 0 Å². The molecular formula is C18H20N2. The zero-order valence-corrected chi connectivity index (χ0v) is 11.6. The minimum atomic E-state index is 0.246. The predicted octanol–water partition coefficient (Wildman–Crippen LogP) is 3.87. The van der Waals surface area contributed by atoms with Gasteiger partial charge in [0.1, 0.15) is 0 Å². The molecular weight excluding hydrogens is 244 g/mol. The molecule has 3 rings (SSSR count). The van der Waals surface area contributed by atoms with Gasteiger partial charge in [-0.2, -0.15) is 0 Å². The Morgan fingerprint density at radius 3 is 2.40 bits per heavy atom. The lowest BCUT2D eigenvalue weighted by atomic mass is 9.95. The van der Waals surface area contributed by atoms with Crippen molar-refractivity contribution in [2.24, 2.45) is 0 Å². The first-order valence-electron chi connectivity index (χ1n) is 7.29. The van der Waals surface area contributed by atoms with Crippen LogP contribution in [0.25, 0.3) is 0 Å². The molecule has 0 fully saturated rings. The van der Waals surface area contributed by atoms with Crippen molar-refractivity contribution in [3.05, 3.63) is 78.1 Å². The zero-order chi connectivity index (χ0) is 13.6. The summed E-state index contributed by atoms with van der Waals surface area (Å²) >= 11 is 0. The minimum Gasteiger partial charge on any atom is -0.303 e. The van der Waals surface area contributed by atoms with E-state index in [1.54, 1.807) is 0 Å². The molecule has 0 saturated heterocycles. The van der Waals surface area contributed by atoms with Gasteiger partial charge in [0.25, 0.3) is 0 Å². The van der Waals surface area contributed by atoms with Crippen molar-refractivity contribution in [2.75, 3.05) is 0 Å². The molecule has 0 bridgehead atoms. The standard InChI is InChI=1S/C18H20N2/c1-3-7-15(8-4-1)18(16-11-13-19-14-12-16)20-17-9-5-2-6-10-17/h1-5,7-8,11-14,17-18,20H,6,9-10H2. The van der Waals surface area contributed by atoms with Crippen LogP contribution in [0.2, 0.25) is 0 Å². The van der Waals surface area contributed by atoms with Gasteiger partial charge >= 0.3 is 0 Å². The highest BCUT2D eigenvalue weighted by Gasteiger charge is 2.18. The molecule has 1 aromatic heterocycles. The molecule has 2 unspecified atom stereocenters. The molecule has 2 atom stereocenters. The number of nitrogens with one attached hydrogen (secondary N) is 1. The van der Waals surface area contributed by atoms with E-state index in [9.17, 15) is 0 Å². The van der Waals surface area contributed by atoms with Crippen molar-refractivity contribution >= 4 is 0 Å². The summed E-state index contributed by atoms with van der Waals surface area (Å²) in [5.41, 5.74) is 2.59. The Morgan fingerprint density at radius 1 is 0.950 bits per heavy atom. The fraction of sp³-hybridized carbons (Fsp3) is 0.278. The van der Waals surface area contributed by atoms with Crippen LogP contribution < -0.4 is 5.32 Å². The van der Waals surface area contributed by atoms with Crippen LogP contribution in [-0.4, -0.2) is 11.0 Å². The lowest BCUT2D eigenvalue weighted by Crippen LogP contribution is -2.34. The lowest BCUT2D eigenvalue weighted by Gasteiger charge is -2.27. The Labute approximate surface area is 120 Å². The van der Waals surface area contributed by atoms with Gasteiger partial charge in [-0.3, -0.25) is 4.98 Å². The van der Waals surface area contributed by atoms with Gasteiger partial charge in [-0.1, -0.05) is 42.5 Å². The molecule has 1 aromatic carbocycles. The normalized spacial score (nSPS) is 19.7. The van der Waals surface area contributed by atoms with Crippen molar-refractivity contribution in [2.45, 2.75) is 31.3 Å². The molecule has 0 aliphatic heterocycles. The average Bonchev–Trinajstić information content (AvgIpc) is 2.55. The van der Waals surface area contributed by atoms with E-state index < -0.39 is 0 Å². The second-order valence-electron chi connectivity index (χ2n) is 5.27. The Bertz CT molecular complexity index is 509. The number of nitrogens with zero attached hydrogens (tertiary/aromatic N) is 1. The number of allylic oxidation sites excluding steroid dienone is 1. The maximum atomic E-state index is 4.13. The third kappa shape index (κ3) is 3.14. The Hall–Kier alpha value is -1.93. The zero-order valence-electron chi connectivity index (χ0n) is 11.6. The first kappa shape index (κ1) is 13.1. The van der Waals surface area contributed by atoms with Crippen molar-refractivity contribution in [3.8, 4) is 0 Å². The number of aromatic nitrogens is 1. The average molecular weight is 264 g/mol. The van der Waals surface area contributed by atoms with Gasteiger partial charge in [0, 0.05) is 18.4 Å². The van der Waals surface area contributed by atoms with E-state index in [0.717, 1.165) is 6.42 Å². The lowest BCUT2D eigenvalue weighted by molar-refractivity contribution is 0.440. The molecule has 102 valence electrons. The first-order chi connectivity index (χ1) is 9.93. The monoisotopic (exact) mass is 264 g/mol. The van der Waals surface area contributed by atoms with Gasteiger partial charge < -0.3 is 5.32 Å². The predicted molar refractivity (Wildman–Crippen MR) is 82.4 cm³/mol. The van der Waals surface area contributed by atoms with Crippen molar-refractivity contribution in [1.82, 2.24) is 10.3 Å². The smallest absolute Gasteiger partial charge is 0.0580 e. The fourth-order valence-electron chi connectivity index (χ4n) is 2.77. The Kier molecular flexibility index (Phi) is 4.24. The van der Waals surface area contributed by atoms with Crippen LogP contribution in [-0.2, 0) is 0 Å². The highest BCUT2D eigenvalue weighted by Crippen LogP contribution is 2.24. The van der Waals surface area contributed by atoms with E-state index in [4.69, 9.17) is 0 Å². The van der Waals surface area contributed by atoms with E-state index in [1.165, 1.54) is 24.0 Å². The maximum Gasteiger partial charge on any atom is 0.0580 e. The quantitative estimate of drug-likeness (QED) is 0.848. The molecule has 1 N–H and O–H groups in total. The summed E-state index contributed by atoms with van der Waals surface area (Å²) in [7, 11) is 0. The molecule has 1 aliphatic carbocycles. The number of hydrogen-bond donors (Lipinski definition) is 1. The van der Waals surface area contributed by atoms with Gasteiger partial charge in [0.15, 0.2) is 0 Å². The molecule has 2 nitrogen and oxygen atoms in total. The summed E-state index contributed by atoms with van der Waals surface area (Å²) < 4.78 is 0. The van der Waals surface area contributed by atoms with Crippen LogP contribution >= 0.6 is 0 Å². The van der Waals surface area contributed by atoms with Crippen molar-refractivity contribution < 1.29 is 0 Å². The molecule has 0 spiro atoms. The summed E-state index contributed by atoms with van der Waals surface area (Å²) in [5.74, 6) is 0. The summed E-state index contributed by atoms with van der Waals surface area (Å²) in [4.78, 5) is 4.13. The first-order valence-corrected chi connectivity index (χ1v) is 7.29. The molecule has 20 heavy (non-hydrogen) atoms. The van der Waals surface area contributed by atoms with Crippen LogP contribution in [0, 0.1) is 0 Å². The number of benzene rings is 1. The molecule has 2 aromatic rings. The molecule has 0 radical (unpaired) electrons. The summed E-state index contributed by atoms with van der Waals surface area (Å²) in [6.07, 6.45) is 11.8. The van der Waals surface area contributed by atoms with Gasteiger partial charge in [0.05, 0.1) is 6.04 Å². The molecule has 1 aliphatic rings. The highest BCUT2D eigenvalue weighted by atomic mass is 15.0. The van der Waals surface area contributed by atoms with Gasteiger partial charge in [-0.05, 0) is 42.5 Å². The fourth-order valence-corrected chi connectivity index (χ4v) is 2.77. The summed E-state index contributed by atoms with van der Waals surface area (Å²) in [6, 6.07) is 15.7. The van der Waals surface area contributed by atoms with E-state index >= 15 is 0 Å². The third-order valence-corrected chi connectivity index (χ3v) is 3.84. The Balaban J connectivity index is 1.86. The Morgan fingerprint density at radius 2 is 1.70 bits per heavy atom. The summed E-state index contributed by atoms with van der Waals surface area (Å²) in [6.45, 7) is 0. The van der Waals surface area contributed by atoms with E-state index in [-0.39, 0.29) is 6.04 Å². The molecule has 2 heteroatoms. The second kappa shape index (κ2) is 6.49. The summed E-state index contributed by atoms with van der Waals surface area (Å²) in [5, 5.41) is 3.81. The van der Waals surface area contributed by atoms with Gasteiger partial charge in [0.2, 0.25) is 0 Å². The topological polar surface area (TPSA) is 24.9 Å². The maximum absolute atomic E-state index is 4.13. The van der Waals surface area contributed by atoms with E-state index in [1.807, 2.05) is 12.4 Å². The van der Waals surface area contributed by atoms with Crippen LogP contribution in [0.4, 0.5) is 0 Å². The van der Waals surface area contributed by atoms with E-state index in [0.29, 0.717) is 6.04 Å². The highest BCUT2D eigenvalue weighted by molar-refractivity contribution is 5.30. The van der Waals surface area contributed by atoms with Crippen LogP contribution in [0.1, 0.15) is 36.4 Å². The SMILES string of the molecule is C1=CCC(NC(c2ccccc2)c2ccncc2)CC1. The van der Waals surface area contributed by atoms with Gasteiger partial charge in [-0.15, -0.1) is 0 Å². The molecule has 0 saturated carbocycles. The number of hydrogen-bond acceptors (Lipinski definition) is 2. The third-order valence-electron chi connectivity index (χ3n) is 3.84. The number of rotatable bonds is 4.